The summed E-state index contributed by atoms with van der Waals surface area (Å²) < 4.78 is 0. The standard InChI is InChI=1S/C19H19N3O4/c1-11(13-4-3-5-17-14(13)6-7-22(17)10-23)15-8-12(19(25)26)9-16(21-15)18(24)20-2/h3-5,8-11H,6-7H2,1-2H3,(H,20,24)(H,25,26). The predicted molar refractivity (Wildman–Crippen MR) is 95.7 cm³/mol. The smallest absolute Gasteiger partial charge is 0.335 e. The minimum atomic E-state index is -1.11. The number of nitrogens with zero attached hydrogens (tertiary/aromatic N) is 2. The number of anilines is 1. The van der Waals surface area contributed by atoms with Crippen LogP contribution in [0.4, 0.5) is 5.69 Å². The van der Waals surface area contributed by atoms with Gasteiger partial charge in [-0.25, -0.2) is 9.78 Å². The van der Waals surface area contributed by atoms with E-state index in [1.807, 2.05) is 25.1 Å². The summed E-state index contributed by atoms with van der Waals surface area (Å²) in [7, 11) is 1.47. The van der Waals surface area contributed by atoms with Gasteiger partial charge in [-0.2, -0.15) is 0 Å². The number of benzene rings is 1. The molecule has 1 aliphatic rings. The van der Waals surface area contributed by atoms with Crippen molar-refractivity contribution in [1.29, 1.82) is 0 Å². The van der Waals surface area contributed by atoms with Crippen LogP contribution in [-0.2, 0) is 11.2 Å². The monoisotopic (exact) mass is 353 g/mol. The Bertz CT molecular complexity index is 894. The molecule has 0 bridgehead atoms. The molecule has 0 saturated carbocycles. The normalized spacial score (nSPS) is 13.8. The number of carboxylic acids is 1. The predicted octanol–water partition coefficient (Wildman–Crippen LogP) is 1.81. The Hall–Kier alpha value is -3.22. The van der Waals surface area contributed by atoms with E-state index in [0.717, 1.165) is 29.6 Å². The molecule has 2 heterocycles. The molecule has 1 aromatic carbocycles. The Morgan fingerprint density at radius 2 is 2.12 bits per heavy atom. The van der Waals surface area contributed by atoms with Gasteiger partial charge in [0.15, 0.2) is 0 Å². The van der Waals surface area contributed by atoms with Gasteiger partial charge in [0.1, 0.15) is 5.69 Å². The molecular formula is C19H19N3O4. The highest BCUT2D eigenvalue weighted by molar-refractivity contribution is 5.96. The number of pyridine rings is 1. The lowest BCUT2D eigenvalue weighted by Crippen LogP contribution is -2.21. The van der Waals surface area contributed by atoms with Crippen molar-refractivity contribution in [3.05, 3.63) is 58.4 Å². The largest absolute Gasteiger partial charge is 0.478 e. The van der Waals surface area contributed by atoms with Crippen LogP contribution >= 0.6 is 0 Å². The highest BCUT2D eigenvalue weighted by atomic mass is 16.4. The zero-order valence-corrected chi connectivity index (χ0v) is 14.5. The first kappa shape index (κ1) is 17.6. The number of hydrogen-bond acceptors (Lipinski definition) is 4. The molecule has 1 aromatic heterocycles. The van der Waals surface area contributed by atoms with Gasteiger partial charge in [0, 0.05) is 30.9 Å². The van der Waals surface area contributed by atoms with Crippen LogP contribution in [0.1, 0.15) is 50.5 Å². The zero-order chi connectivity index (χ0) is 18.8. The van der Waals surface area contributed by atoms with Crippen LogP contribution in [0.5, 0.6) is 0 Å². The molecule has 134 valence electrons. The number of amides is 2. The number of aromatic carboxylic acids is 1. The van der Waals surface area contributed by atoms with Gasteiger partial charge in [0.2, 0.25) is 6.41 Å². The minimum absolute atomic E-state index is 0.0162. The molecule has 3 rings (SSSR count). The lowest BCUT2D eigenvalue weighted by Gasteiger charge is -2.18. The van der Waals surface area contributed by atoms with Gasteiger partial charge in [0.05, 0.1) is 5.56 Å². The van der Waals surface area contributed by atoms with E-state index < -0.39 is 11.9 Å². The number of fused-ring (bicyclic) bond motifs is 1. The molecule has 2 N–H and O–H groups in total. The molecule has 0 radical (unpaired) electrons. The maximum Gasteiger partial charge on any atom is 0.335 e. The van der Waals surface area contributed by atoms with Crippen molar-refractivity contribution < 1.29 is 19.5 Å². The number of nitrogens with one attached hydrogen (secondary N) is 1. The first-order valence-corrected chi connectivity index (χ1v) is 8.27. The van der Waals surface area contributed by atoms with Crippen LogP contribution < -0.4 is 10.2 Å². The fourth-order valence-electron chi connectivity index (χ4n) is 3.30. The Morgan fingerprint density at radius 1 is 1.35 bits per heavy atom. The Labute approximate surface area is 150 Å². The van der Waals surface area contributed by atoms with Crippen molar-refractivity contribution >= 4 is 24.0 Å². The van der Waals surface area contributed by atoms with Crippen LogP contribution in [0.2, 0.25) is 0 Å². The van der Waals surface area contributed by atoms with Crippen LogP contribution in [0.25, 0.3) is 0 Å². The van der Waals surface area contributed by atoms with E-state index in [2.05, 4.69) is 10.3 Å². The molecular weight excluding hydrogens is 334 g/mol. The molecule has 7 nitrogen and oxygen atoms in total. The summed E-state index contributed by atoms with van der Waals surface area (Å²) >= 11 is 0. The number of hydrogen-bond donors (Lipinski definition) is 2. The van der Waals surface area contributed by atoms with Crippen molar-refractivity contribution in [2.75, 3.05) is 18.5 Å². The molecule has 0 spiro atoms. The summed E-state index contributed by atoms with van der Waals surface area (Å²) in [5.41, 5.74) is 3.48. The van der Waals surface area contributed by atoms with E-state index >= 15 is 0 Å². The summed E-state index contributed by atoms with van der Waals surface area (Å²) in [6.07, 6.45) is 1.54. The number of aromatic nitrogens is 1. The Kier molecular flexibility index (Phi) is 4.71. The molecule has 7 heteroatoms. The summed E-state index contributed by atoms with van der Waals surface area (Å²) in [4.78, 5) is 40.6. The molecule has 26 heavy (non-hydrogen) atoms. The Morgan fingerprint density at radius 3 is 2.77 bits per heavy atom. The molecule has 1 aliphatic heterocycles. The fourth-order valence-corrected chi connectivity index (χ4v) is 3.30. The minimum Gasteiger partial charge on any atom is -0.478 e. The van der Waals surface area contributed by atoms with E-state index in [9.17, 15) is 19.5 Å². The van der Waals surface area contributed by atoms with Gasteiger partial charge in [-0.05, 0) is 35.7 Å². The summed E-state index contributed by atoms with van der Waals surface area (Å²) in [5, 5.41) is 11.8. The summed E-state index contributed by atoms with van der Waals surface area (Å²) in [6.45, 7) is 2.54. The van der Waals surface area contributed by atoms with Crippen molar-refractivity contribution in [1.82, 2.24) is 10.3 Å². The quantitative estimate of drug-likeness (QED) is 0.799. The topological polar surface area (TPSA) is 99.6 Å². The summed E-state index contributed by atoms with van der Waals surface area (Å²) in [6, 6.07) is 8.47. The number of carbonyl (C=O) groups excluding carboxylic acids is 2. The van der Waals surface area contributed by atoms with Gasteiger partial charge in [-0.15, -0.1) is 0 Å². The second-order valence-electron chi connectivity index (χ2n) is 6.17. The van der Waals surface area contributed by atoms with Gasteiger partial charge in [0.25, 0.3) is 5.91 Å². The Balaban J connectivity index is 2.08. The second-order valence-corrected chi connectivity index (χ2v) is 6.17. The fraction of sp³-hybridized carbons (Fsp3) is 0.263. The third kappa shape index (κ3) is 3.03. The molecule has 2 amide bonds. The average molecular weight is 353 g/mol. The molecule has 0 aliphatic carbocycles. The van der Waals surface area contributed by atoms with Crippen LogP contribution in [0.3, 0.4) is 0 Å². The lowest BCUT2D eigenvalue weighted by atomic mass is 9.90. The lowest BCUT2D eigenvalue weighted by molar-refractivity contribution is -0.107. The van der Waals surface area contributed by atoms with Crippen molar-refractivity contribution in [3.63, 3.8) is 0 Å². The van der Waals surface area contributed by atoms with Gasteiger partial charge < -0.3 is 15.3 Å². The highest BCUT2D eigenvalue weighted by Crippen LogP contribution is 2.35. The van der Waals surface area contributed by atoms with E-state index in [1.165, 1.54) is 19.2 Å². The highest BCUT2D eigenvalue weighted by Gasteiger charge is 2.25. The average Bonchev–Trinajstić information content (AvgIpc) is 3.09. The number of carbonyl (C=O) groups is 3. The van der Waals surface area contributed by atoms with Crippen molar-refractivity contribution in [2.45, 2.75) is 19.3 Å². The van der Waals surface area contributed by atoms with Crippen molar-refractivity contribution in [3.8, 4) is 0 Å². The molecule has 1 unspecified atom stereocenters. The SMILES string of the molecule is CNC(=O)c1cc(C(=O)O)cc(C(C)c2cccc3c2CCN3C=O)n1. The second kappa shape index (κ2) is 6.95. The van der Waals surface area contributed by atoms with Gasteiger partial charge in [-0.1, -0.05) is 19.1 Å². The molecule has 2 aromatic rings. The molecule has 0 saturated heterocycles. The van der Waals surface area contributed by atoms with Gasteiger partial charge in [-0.3, -0.25) is 9.59 Å². The van der Waals surface area contributed by atoms with Crippen molar-refractivity contribution in [2.24, 2.45) is 0 Å². The van der Waals surface area contributed by atoms with E-state index in [1.54, 1.807) is 4.90 Å². The number of carboxylic acid groups (broad SMARTS) is 1. The third-order valence-corrected chi connectivity index (χ3v) is 4.69. The van der Waals surface area contributed by atoms with E-state index in [0.29, 0.717) is 12.2 Å². The van der Waals surface area contributed by atoms with Gasteiger partial charge >= 0.3 is 5.97 Å². The number of rotatable bonds is 5. The van der Waals surface area contributed by atoms with E-state index in [-0.39, 0.29) is 17.2 Å². The maximum atomic E-state index is 12.0. The zero-order valence-electron chi connectivity index (χ0n) is 14.5. The summed E-state index contributed by atoms with van der Waals surface area (Å²) in [5.74, 6) is -1.78. The van der Waals surface area contributed by atoms with Crippen LogP contribution in [0.15, 0.2) is 30.3 Å². The van der Waals surface area contributed by atoms with E-state index in [4.69, 9.17) is 0 Å². The molecule has 0 fully saturated rings. The molecule has 1 atom stereocenters. The maximum absolute atomic E-state index is 12.0. The van der Waals surface area contributed by atoms with Crippen LogP contribution in [0, 0.1) is 0 Å². The first-order valence-electron chi connectivity index (χ1n) is 8.27. The first-order chi connectivity index (χ1) is 12.5. The van der Waals surface area contributed by atoms with Crippen LogP contribution in [-0.4, -0.2) is 42.0 Å². The third-order valence-electron chi connectivity index (χ3n) is 4.69.